The van der Waals surface area contributed by atoms with Crippen LogP contribution in [0.3, 0.4) is 0 Å². The Morgan fingerprint density at radius 2 is 1.64 bits per heavy atom. The lowest BCUT2D eigenvalue weighted by molar-refractivity contribution is 0.584. The van der Waals surface area contributed by atoms with E-state index in [9.17, 15) is 8.42 Å². The molecule has 0 amide bonds. The molecule has 0 spiro atoms. The number of halogens is 2. The van der Waals surface area contributed by atoms with Crippen LogP contribution >= 0.6 is 34.2 Å². The Bertz CT molecular complexity index is 827. The first kappa shape index (κ1) is 17.7. The van der Waals surface area contributed by atoms with Crippen LogP contribution in [-0.4, -0.2) is 8.42 Å². The van der Waals surface area contributed by atoms with Gasteiger partial charge in [-0.1, -0.05) is 50.6 Å². The monoisotopic (exact) mass is 449 g/mol. The summed E-state index contributed by atoms with van der Waals surface area (Å²) in [6, 6.07) is 10.8. The number of hydrogen-bond donors (Lipinski definition) is 1. The highest BCUT2D eigenvalue weighted by molar-refractivity contribution is 14.1. The third-order valence-corrected chi connectivity index (χ3v) is 5.45. The second-order valence-corrected chi connectivity index (χ2v) is 9.26. The van der Waals surface area contributed by atoms with Gasteiger partial charge in [0.1, 0.15) is 0 Å². The maximum atomic E-state index is 12.0. The predicted octanol–water partition coefficient (Wildman–Crippen LogP) is 4.56. The molecule has 0 aromatic heterocycles. The van der Waals surface area contributed by atoms with Crippen LogP contribution in [0.4, 0.5) is 0 Å². The molecule has 0 atom stereocenters. The largest absolute Gasteiger partial charge is 0.238 e. The van der Waals surface area contributed by atoms with Crippen molar-refractivity contribution in [3.63, 3.8) is 0 Å². The maximum absolute atomic E-state index is 12.0. The highest BCUT2D eigenvalue weighted by Crippen LogP contribution is 2.35. The van der Waals surface area contributed by atoms with E-state index in [1.165, 1.54) is 0 Å². The molecule has 2 aromatic rings. The first-order chi connectivity index (χ1) is 10.00. The van der Waals surface area contributed by atoms with Crippen LogP contribution in [0, 0.1) is 3.57 Å². The van der Waals surface area contributed by atoms with Crippen molar-refractivity contribution in [2.24, 2.45) is 5.14 Å². The standard InChI is InChI=1S/C16H17ClINO2S/c1-16(2,3)10-4-6-13(15(8-10)22(19,20)21)12-7-5-11(17)9-14(12)18/h4-9H,1-3H3,(H2,19,20,21). The van der Waals surface area contributed by atoms with Gasteiger partial charge in [-0.2, -0.15) is 0 Å². The van der Waals surface area contributed by atoms with Gasteiger partial charge in [0.25, 0.3) is 0 Å². The first-order valence-electron chi connectivity index (χ1n) is 6.63. The van der Waals surface area contributed by atoms with E-state index < -0.39 is 10.0 Å². The van der Waals surface area contributed by atoms with Gasteiger partial charge in [-0.15, -0.1) is 0 Å². The van der Waals surface area contributed by atoms with Gasteiger partial charge in [-0.3, -0.25) is 0 Å². The van der Waals surface area contributed by atoms with Crippen LogP contribution in [0.15, 0.2) is 41.3 Å². The molecule has 0 saturated carbocycles. The molecule has 118 valence electrons. The van der Waals surface area contributed by atoms with Crippen LogP contribution in [0.2, 0.25) is 5.02 Å². The highest BCUT2D eigenvalue weighted by Gasteiger charge is 2.21. The van der Waals surface area contributed by atoms with Gasteiger partial charge < -0.3 is 0 Å². The van der Waals surface area contributed by atoms with E-state index in [2.05, 4.69) is 22.6 Å². The van der Waals surface area contributed by atoms with E-state index in [1.807, 2.05) is 39.0 Å². The molecule has 0 bridgehead atoms. The molecule has 0 aliphatic rings. The number of nitrogens with two attached hydrogens (primary N) is 1. The van der Waals surface area contributed by atoms with Crippen molar-refractivity contribution in [1.82, 2.24) is 0 Å². The Labute approximate surface area is 150 Å². The van der Waals surface area contributed by atoms with E-state index in [1.54, 1.807) is 18.2 Å². The van der Waals surface area contributed by atoms with Gasteiger partial charge in [-0.25, -0.2) is 13.6 Å². The van der Waals surface area contributed by atoms with Gasteiger partial charge in [0.15, 0.2) is 0 Å². The molecule has 0 aliphatic heterocycles. The molecule has 0 radical (unpaired) electrons. The molecule has 0 unspecified atom stereocenters. The Kier molecular flexibility index (Phi) is 4.92. The Balaban J connectivity index is 2.76. The summed E-state index contributed by atoms with van der Waals surface area (Å²) in [4.78, 5) is 0.139. The van der Waals surface area contributed by atoms with Crippen molar-refractivity contribution in [3.8, 4) is 11.1 Å². The summed E-state index contributed by atoms with van der Waals surface area (Å²) < 4.78 is 24.9. The summed E-state index contributed by atoms with van der Waals surface area (Å²) in [5.74, 6) is 0. The molecular formula is C16H17ClINO2S. The lowest BCUT2D eigenvalue weighted by Crippen LogP contribution is -2.17. The van der Waals surface area contributed by atoms with Gasteiger partial charge in [0.2, 0.25) is 10.0 Å². The number of hydrogen-bond acceptors (Lipinski definition) is 2. The van der Waals surface area contributed by atoms with E-state index in [0.29, 0.717) is 10.6 Å². The van der Waals surface area contributed by atoms with Crippen molar-refractivity contribution in [2.45, 2.75) is 31.1 Å². The molecule has 22 heavy (non-hydrogen) atoms. The fraction of sp³-hybridized carbons (Fsp3) is 0.250. The zero-order chi connectivity index (χ0) is 16.7. The van der Waals surface area contributed by atoms with Crippen LogP contribution in [-0.2, 0) is 15.4 Å². The lowest BCUT2D eigenvalue weighted by Gasteiger charge is -2.21. The Hall–Kier alpha value is -0.630. The van der Waals surface area contributed by atoms with Crippen LogP contribution < -0.4 is 5.14 Å². The quantitative estimate of drug-likeness (QED) is 0.684. The minimum Gasteiger partial charge on any atom is -0.225 e. The minimum atomic E-state index is -3.83. The Morgan fingerprint density at radius 1 is 1.05 bits per heavy atom. The molecule has 0 heterocycles. The van der Waals surface area contributed by atoms with Crippen molar-refractivity contribution in [3.05, 3.63) is 50.6 Å². The number of primary sulfonamides is 1. The summed E-state index contributed by atoms with van der Waals surface area (Å²) in [7, 11) is -3.83. The summed E-state index contributed by atoms with van der Waals surface area (Å²) in [5, 5.41) is 6.04. The minimum absolute atomic E-state index is 0.139. The Morgan fingerprint density at radius 3 is 2.14 bits per heavy atom. The lowest BCUT2D eigenvalue weighted by atomic mass is 9.86. The predicted molar refractivity (Wildman–Crippen MR) is 99.7 cm³/mol. The van der Waals surface area contributed by atoms with Crippen LogP contribution in [0.1, 0.15) is 26.3 Å². The van der Waals surface area contributed by atoms with Gasteiger partial charge in [0, 0.05) is 14.2 Å². The third kappa shape index (κ3) is 3.82. The molecule has 2 N–H and O–H groups in total. The second-order valence-electron chi connectivity index (χ2n) is 6.13. The molecular weight excluding hydrogens is 433 g/mol. The zero-order valence-electron chi connectivity index (χ0n) is 12.5. The normalized spacial score (nSPS) is 12.5. The van der Waals surface area contributed by atoms with Crippen molar-refractivity contribution in [1.29, 1.82) is 0 Å². The average Bonchev–Trinajstić information content (AvgIpc) is 2.36. The first-order valence-corrected chi connectivity index (χ1v) is 9.63. The van der Waals surface area contributed by atoms with Gasteiger partial charge in [0.05, 0.1) is 4.90 Å². The number of benzene rings is 2. The van der Waals surface area contributed by atoms with E-state index in [0.717, 1.165) is 14.7 Å². The van der Waals surface area contributed by atoms with E-state index in [4.69, 9.17) is 16.7 Å². The zero-order valence-corrected chi connectivity index (χ0v) is 16.3. The van der Waals surface area contributed by atoms with Crippen molar-refractivity contribution in [2.75, 3.05) is 0 Å². The number of rotatable bonds is 2. The van der Waals surface area contributed by atoms with Crippen molar-refractivity contribution >= 4 is 44.2 Å². The topological polar surface area (TPSA) is 60.2 Å². The number of sulfonamides is 1. The molecule has 0 saturated heterocycles. The summed E-state index contributed by atoms with van der Waals surface area (Å²) in [5.41, 5.74) is 2.15. The van der Waals surface area contributed by atoms with E-state index in [-0.39, 0.29) is 10.3 Å². The SMILES string of the molecule is CC(C)(C)c1ccc(-c2ccc(Cl)cc2I)c(S(N)(=O)=O)c1. The van der Waals surface area contributed by atoms with Gasteiger partial charge >= 0.3 is 0 Å². The fourth-order valence-corrected chi connectivity index (χ4v) is 4.09. The second kappa shape index (κ2) is 6.11. The highest BCUT2D eigenvalue weighted by atomic mass is 127. The molecule has 2 aromatic carbocycles. The molecule has 3 nitrogen and oxygen atoms in total. The summed E-state index contributed by atoms with van der Waals surface area (Å²) >= 11 is 8.11. The maximum Gasteiger partial charge on any atom is 0.238 e. The fourth-order valence-electron chi connectivity index (χ4n) is 2.15. The molecule has 0 aliphatic carbocycles. The van der Waals surface area contributed by atoms with Crippen LogP contribution in [0.25, 0.3) is 11.1 Å². The third-order valence-electron chi connectivity index (χ3n) is 3.38. The smallest absolute Gasteiger partial charge is 0.225 e. The van der Waals surface area contributed by atoms with Crippen molar-refractivity contribution < 1.29 is 8.42 Å². The molecule has 2 rings (SSSR count). The average molecular weight is 450 g/mol. The van der Waals surface area contributed by atoms with Crippen LogP contribution in [0.5, 0.6) is 0 Å². The molecule has 0 fully saturated rings. The summed E-state index contributed by atoms with van der Waals surface area (Å²) in [6.07, 6.45) is 0. The molecule has 6 heteroatoms. The summed E-state index contributed by atoms with van der Waals surface area (Å²) in [6.45, 7) is 6.09. The van der Waals surface area contributed by atoms with E-state index >= 15 is 0 Å². The van der Waals surface area contributed by atoms with Gasteiger partial charge in [-0.05, 0) is 57.3 Å².